The molecule has 0 spiro atoms. The molecular formula is C19H28F3NO3. The molecule has 2 N–H and O–H groups in total. The van der Waals surface area contributed by atoms with Crippen molar-refractivity contribution in [2.24, 2.45) is 5.73 Å². The Morgan fingerprint density at radius 3 is 1.85 bits per heavy atom. The van der Waals surface area contributed by atoms with Crippen molar-refractivity contribution in [3.63, 3.8) is 0 Å². The second-order valence-electron chi connectivity index (χ2n) is 8.49. The molecule has 0 fully saturated rings. The highest BCUT2D eigenvalue weighted by atomic mass is 19.4. The van der Waals surface area contributed by atoms with E-state index in [1.165, 1.54) is 0 Å². The molecule has 0 saturated carbocycles. The lowest BCUT2D eigenvalue weighted by Crippen LogP contribution is -2.55. The Morgan fingerprint density at radius 2 is 1.46 bits per heavy atom. The minimum atomic E-state index is -4.60. The molecule has 7 heteroatoms. The molecule has 0 radical (unpaired) electrons. The van der Waals surface area contributed by atoms with Gasteiger partial charge < -0.3 is 15.2 Å². The number of hydrogen-bond acceptors (Lipinski definition) is 4. The zero-order valence-electron chi connectivity index (χ0n) is 16.2. The fourth-order valence-electron chi connectivity index (χ4n) is 2.34. The zero-order valence-corrected chi connectivity index (χ0v) is 16.2. The minimum absolute atomic E-state index is 0.294. The second kappa shape index (κ2) is 7.47. The number of alkyl halides is 3. The fraction of sp³-hybridized carbons (Fsp3) is 0.632. The third kappa shape index (κ3) is 8.08. The number of benzene rings is 1. The second-order valence-corrected chi connectivity index (χ2v) is 8.49. The summed E-state index contributed by atoms with van der Waals surface area (Å²) in [5, 5.41) is 0. The summed E-state index contributed by atoms with van der Waals surface area (Å²) < 4.78 is 49.8. The van der Waals surface area contributed by atoms with Crippen LogP contribution in [0, 0.1) is 0 Å². The zero-order chi connectivity index (χ0) is 20.4. The molecule has 0 aromatic heterocycles. The third-order valence-electron chi connectivity index (χ3n) is 3.19. The quantitative estimate of drug-likeness (QED) is 0.775. The molecule has 0 aliphatic heterocycles. The highest BCUT2D eigenvalue weighted by Gasteiger charge is 2.47. The maximum absolute atomic E-state index is 13.0. The summed E-state index contributed by atoms with van der Waals surface area (Å²) in [7, 11) is 0. The monoisotopic (exact) mass is 375 g/mol. The molecule has 4 nitrogen and oxygen atoms in total. The normalized spacial score (nSPS) is 15.3. The summed E-state index contributed by atoms with van der Waals surface area (Å²) in [5.41, 5.74) is 2.84. The molecule has 1 aromatic carbocycles. The average Bonchev–Trinajstić information content (AvgIpc) is 2.35. The standard InChI is InChI=1S/C19H28F3NO3/c1-16(2,3)25-14-9-7-13(8-10-14)11-18(23,12-19(20,21)22)15(24)26-17(4,5)6/h7-10H,11-12,23H2,1-6H3/t18-/m1/s1. The van der Waals surface area contributed by atoms with E-state index < -0.39 is 35.3 Å². The van der Waals surface area contributed by atoms with Gasteiger partial charge in [0.2, 0.25) is 0 Å². The summed E-state index contributed by atoms with van der Waals surface area (Å²) >= 11 is 0. The molecule has 0 unspecified atom stereocenters. The van der Waals surface area contributed by atoms with Crippen molar-refractivity contribution < 1.29 is 27.4 Å². The van der Waals surface area contributed by atoms with Crippen molar-refractivity contribution in [1.82, 2.24) is 0 Å². The number of carbonyl (C=O) groups is 1. The summed E-state index contributed by atoms with van der Waals surface area (Å²) in [6.07, 6.45) is -6.35. The Hall–Kier alpha value is -1.76. The van der Waals surface area contributed by atoms with Crippen LogP contribution in [0.5, 0.6) is 5.75 Å². The van der Waals surface area contributed by atoms with Gasteiger partial charge in [-0.25, -0.2) is 0 Å². The van der Waals surface area contributed by atoms with E-state index in [2.05, 4.69) is 0 Å². The summed E-state index contributed by atoms with van der Waals surface area (Å²) in [6.45, 7) is 10.4. The lowest BCUT2D eigenvalue weighted by molar-refractivity contribution is -0.179. The molecule has 1 aromatic rings. The largest absolute Gasteiger partial charge is 0.488 e. The first-order chi connectivity index (χ1) is 11.5. The fourth-order valence-corrected chi connectivity index (χ4v) is 2.34. The van der Waals surface area contributed by atoms with Crippen LogP contribution < -0.4 is 10.5 Å². The molecule has 148 valence electrons. The van der Waals surface area contributed by atoms with Gasteiger partial charge in [0.05, 0.1) is 6.42 Å². The van der Waals surface area contributed by atoms with Crippen molar-refractivity contribution in [3.8, 4) is 5.75 Å². The van der Waals surface area contributed by atoms with Crippen LogP contribution in [0.2, 0.25) is 0 Å². The number of rotatable bonds is 5. The molecule has 0 aliphatic carbocycles. The van der Waals surface area contributed by atoms with Crippen LogP contribution in [0.25, 0.3) is 0 Å². The van der Waals surface area contributed by atoms with E-state index in [1.54, 1.807) is 45.0 Å². The Labute approximate surface area is 152 Å². The summed E-state index contributed by atoms with van der Waals surface area (Å²) in [4.78, 5) is 12.3. The predicted octanol–water partition coefficient (Wildman–Crippen LogP) is 4.40. The van der Waals surface area contributed by atoms with Crippen molar-refractivity contribution in [2.45, 2.75) is 77.3 Å². The van der Waals surface area contributed by atoms with Gasteiger partial charge in [-0.3, -0.25) is 4.79 Å². The first-order valence-corrected chi connectivity index (χ1v) is 8.36. The first kappa shape index (κ1) is 22.3. The maximum Gasteiger partial charge on any atom is 0.391 e. The topological polar surface area (TPSA) is 61.5 Å². The predicted molar refractivity (Wildman–Crippen MR) is 94.0 cm³/mol. The van der Waals surface area contributed by atoms with Gasteiger partial charge in [0.25, 0.3) is 0 Å². The Bertz CT molecular complexity index is 613. The Kier molecular flexibility index (Phi) is 6.40. The van der Waals surface area contributed by atoms with Gasteiger partial charge in [-0.15, -0.1) is 0 Å². The van der Waals surface area contributed by atoms with Crippen LogP contribution in [0.4, 0.5) is 13.2 Å². The number of esters is 1. The van der Waals surface area contributed by atoms with E-state index >= 15 is 0 Å². The van der Waals surface area contributed by atoms with E-state index in [1.807, 2.05) is 20.8 Å². The third-order valence-corrected chi connectivity index (χ3v) is 3.19. The highest BCUT2D eigenvalue weighted by molar-refractivity contribution is 5.81. The summed E-state index contributed by atoms with van der Waals surface area (Å²) in [5.74, 6) is -0.491. The van der Waals surface area contributed by atoms with Crippen LogP contribution >= 0.6 is 0 Å². The van der Waals surface area contributed by atoms with E-state index in [9.17, 15) is 18.0 Å². The molecule has 1 atom stereocenters. The van der Waals surface area contributed by atoms with E-state index in [4.69, 9.17) is 15.2 Å². The molecule has 26 heavy (non-hydrogen) atoms. The van der Waals surface area contributed by atoms with Crippen molar-refractivity contribution in [2.75, 3.05) is 0 Å². The number of hydrogen-bond donors (Lipinski definition) is 1. The molecular weight excluding hydrogens is 347 g/mol. The molecule has 0 saturated heterocycles. The van der Waals surface area contributed by atoms with E-state index in [-0.39, 0.29) is 6.42 Å². The molecule has 1 rings (SSSR count). The number of nitrogens with two attached hydrogens (primary N) is 1. The maximum atomic E-state index is 13.0. The number of halogens is 3. The smallest absolute Gasteiger partial charge is 0.391 e. The van der Waals surface area contributed by atoms with Crippen molar-refractivity contribution in [1.29, 1.82) is 0 Å². The van der Waals surface area contributed by atoms with E-state index in [0.717, 1.165) is 0 Å². The van der Waals surface area contributed by atoms with Crippen LogP contribution in [0.1, 0.15) is 53.5 Å². The molecule has 0 heterocycles. The molecule has 0 bridgehead atoms. The van der Waals surface area contributed by atoms with Crippen molar-refractivity contribution in [3.05, 3.63) is 29.8 Å². The van der Waals surface area contributed by atoms with Gasteiger partial charge in [-0.2, -0.15) is 13.2 Å². The van der Waals surface area contributed by atoms with Gasteiger partial charge in [-0.1, -0.05) is 12.1 Å². The van der Waals surface area contributed by atoms with Gasteiger partial charge in [-0.05, 0) is 59.2 Å². The Morgan fingerprint density at radius 1 is 0.962 bits per heavy atom. The lowest BCUT2D eigenvalue weighted by Gasteiger charge is -2.32. The van der Waals surface area contributed by atoms with Crippen molar-refractivity contribution >= 4 is 5.97 Å². The average molecular weight is 375 g/mol. The first-order valence-electron chi connectivity index (χ1n) is 8.36. The van der Waals surface area contributed by atoms with Crippen LogP contribution in [0.15, 0.2) is 24.3 Å². The highest BCUT2D eigenvalue weighted by Crippen LogP contribution is 2.31. The van der Waals surface area contributed by atoms with Crippen LogP contribution in [0.3, 0.4) is 0 Å². The molecule has 0 aliphatic rings. The summed E-state index contributed by atoms with van der Waals surface area (Å²) in [6, 6.07) is 6.49. The SMILES string of the molecule is CC(C)(C)OC(=O)[C@@](N)(Cc1ccc(OC(C)(C)C)cc1)CC(F)(F)F. The number of ether oxygens (including phenoxy) is 2. The van der Waals surface area contributed by atoms with Gasteiger partial charge in [0, 0.05) is 6.42 Å². The van der Waals surface area contributed by atoms with E-state index in [0.29, 0.717) is 11.3 Å². The Balaban J connectivity index is 3.04. The lowest BCUT2D eigenvalue weighted by atomic mass is 9.88. The van der Waals surface area contributed by atoms with Gasteiger partial charge in [0.1, 0.15) is 22.5 Å². The van der Waals surface area contributed by atoms with Crippen LogP contribution in [-0.4, -0.2) is 28.9 Å². The van der Waals surface area contributed by atoms with Gasteiger partial charge >= 0.3 is 12.1 Å². The molecule has 0 amide bonds. The number of carbonyl (C=O) groups excluding carboxylic acids is 1. The van der Waals surface area contributed by atoms with Crippen LogP contribution in [-0.2, 0) is 16.0 Å². The minimum Gasteiger partial charge on any atom is -0.488 e. The van der Waals surface area contributed by atoms with Gasteiger partial charge in [0.15, 0.2) is 0 Å².